The second kappa shape index (κ2) is 9.01. The summed E-state index contributed by atoms with van der Waals surface area (Å²) in [4.78, 5) is 6.97. The van der Waals surface area contributed by atoms with E-state index in [9.17, 15) is 0 Å². The van der Waals surface area contributed by atoms with Crippen LogP contribution in [0.4, 0.5) is 0 Å². The van der Waals surface area contributed by atoms with E-state index < -0.39 is 0 Å². The molecule has 2 aromatic carbocycles. The SMILES string of the molecule is COc1cccc(C(C)N(C)Cc2nc(-c3cccc(OC)c3OC)oc2C)c1. The molecule has 0 saturated heterocycles. The molecule has 6 nitrogen and oxygen atoms in total. The monoisotopic (exact) mass is 396 g/mol. The maximum atomic E-state index is 5.97. The first-order valence-corrected chi connectivity index (χ1v) is 9.50. The zero-order valence-electron chi connectivity index (χ0n) is 17.9. The minimum absolute atomic E-state index is 0.191. The Bertz CT molecular complexity index is 967. The molecule has 1 atom stereocenters. The van der Waals surface area contributed by atoms with Crippen molar-refractivity contribution in [2.45, 2.75) is 26.4 Å². The second-order valence-corrected chi connectivity index (χ2v) is 6.93. The van der Waals surface area contributed by atoms with Crippen LogP contribution in [0.5, 0.6) is 17.2 Å². The summed E-state index contributed by atoms with van der Waals surface area (Å²) in [6.07, 6.45) is 0. The summed E-state index contributed by atoms with van der Waals surface area (Å²) in [5.41, 5.74) is 2.84. The number of nitrogens with zero attached hydrogens (tertiary/aromatic N) is 2. The molecule has 0 aliphatic carbocycles. The van der Waals surface area contributed by atoms with Crippen molar-refractivity contribution in [1.82, 2.24) is 9.88 Å². The summed E-state index contributed by atoms with van der Waals surface area (Å²) in [6, 6.07) is 14.0. The van der Waals surface area contributed by atoms with Gasteiger partial charge in [-0.25, -0.2) is 4.98 Å². The van der Waals surface area contributed by atoms with Crippen molar-refractivity contribution < 1.29 is 18.6 Å². The topological polar surface area (TPSA) is 57.0 Å². The third-order valence-corrected chi connectivity index (χ3v) is 5.16. The number of rotatable bonds is 8. The summed E-state index contributed by atoms with van der Waals surface area (Å²) in [5, 5.41) is 0. The number of aromatic nitrogens is 1. The highest BCUT2D eigenvalue weighted by Gasteiger charge is 2.20. The van der Waals surface area contributed by atoms with Crippen molar-refractivity contribution in [2.24, 2.45) is 0 Å². The second-order valence-electron chi connectivity index (χ2n) is 6.93. The molecule has 6 heteroatoms. The van der Waals surface area contributed by atoms with Crippen molar-refractivity contribution in [3.8, 4) is 28.7 Å². The lowest BCUT2D eigenvalue weighted by molar-refractivity contribution is 0.248. The maximum Gasteiger partial charge on any atom is 0.230 e. The molecule has 3 aromatic rings. The fourth-order valence-electron chi connectivity index (χ4n) is 3.27. The molecule has 0 N–H and O–H groups in total. The summed E-state index contributed by atoms with van der Waals surface area (Å²) in [6.45, 7) is 4.75. The molecule has 0 bridgehead atoms. The number of para-hydroxylation sites is 1. The van der Waals surface area contributed by atoms with E-state index in [0.29, 0.717) is 23.9 Å². The smallest absolute Gasteiger partial charge is 0.230 e. The average molecular weight is 396 g/mol. The van der Waals surface area contributed by atoms with Crippen molar-refractivity contribution in [3.63, 3.8) is 0 Å². The van der Waals surface area contributed by atoms with E-state index >= 15 is 0 Å². The van der Waals surface area contributed by atoms with E-state index in [1.54, 1.807) is 21.3 Å². The highest BCUT2D eigenvalue weighted by Crippen LogP contribution is 2.38. The van der Waals surface area contributed by atoms with E-state index in [2.05, 4.69) is 31.0 Å². The van der Waals surface area contributed by atoms with Gasteiger partial charge in [0.1, 0.15) is 11.5 Å². The minimum atomic E-state index is 0.191. The fourth-order valence-corrected chi connectivity index (χ4v) is 3.27. The summed E-state index contributed by atoms with van der Waals surface area (Å²) < 4.78 is 22.2. The largest absolute Gasteiger partial charge is 0.497 e. The van der Waals surface area contributed by atoms with Crippen LogP contribution < -0.4 is 14.2 Å². The van der Waals surface area contributed by atoms with E-state index in [0.717, 1.165) is 22.8 Å². The zero-order chi connectivity index (χ0) is 21.0. The molecule has 0 aliphatic heterocycles. The lowest BCUT2D eigenvalue weighted by atomic mass is 10.1. The van der Waals surface area contributed by atoms with Crippen LogP contribution in [-0.2, 0) is 6.54 Å². The van der Waals surface area contributed by atoms with Crippen molar-refractivity contribution in [2.75, 3.05) is 28.4 Å². The Hall–Kier alpha value is -2.99. The number of hydrogen-bond acceptors (Lipinski definition) is 6. The molecule has 0 saturated carbocycles. The number of ether oxygens (including phenoxy) is 3. The number of methoxy groups -OCH3 is 3. The predicted molar refractivity (Wildman–Crippen MR) is 113 cm³/mol. The molecule has 29 heavy (non-hydrogen) atoms. The number of aryl methyl sites for hydroxylation is 1. The van der Waals surface area contributed by atoms with Gasteiger partial charge in [0.15, 0.2) is 11.5 Å². The molecule has 154 valence electrons. The molecule has 0 aliphatic rings. The minimum Gasteiger partial charge on any atom is -0.497 e. The first-order valence-electron chi connectivity index (χ1n) is 9.50. The molecule has 0 spiro atoms. The number of oxazole rings is 1. The molecule has 0 amide bonds. The van der Waals surface area contributed by atoms with Crippen molar-refractivity contribution >= 4 is 0 Å². The third kappa shape index (κ3) is 4.38. The Balaban J connectivity index is 1.84. The maximum absolute atomic E-state index is 5.97. The van der Waals surface area contributed by atoms with Gasteiger partial charge in [0.05, 0.1) is 32.6 Å². The average Bonchev–Trinajstić information content (AvgIpc) is 3.12. The Labute approximate surface area is 172 Å². The van der Waals surface area contributed by atoms with Crippen LogP contribution in [0.1, 0.15) is 30.0 Å². The number of benzene rings is 2. The lowest BCUT2D eigenvalue weighted by Gasteiger charge is -2.24. The van der Waals surface area contributed by atoms with Gasteiger partial charge in [-0.2, -0.15) is 0 Å². The standard InChI is InChI=1S/C23H28N2O4/c1-15(17-9-7-10-18(13-17)26-4)25(3)14-20-16(2)29-23(24-20)19-11-8-12-21(27-5)22(19)28-6/h7-13,15H,14H2,1-6H3. The summed E-state index contributed by atoms with van der Waals surface area (Å²) in [5.74, 6) is 3.42. The van der Waals surface area contributed by atoms with Gasteiger partial charge < -0.3 is 18.6 Å². The molecule has 1 aromatic heterocycles. The van der Waals surface area contributed by atoms with Gasteiger partial charge in [0, 0.05) is 12.6 Å². The van der Waals surface area contributed by atoms with E-state index in [4.69, 9.17) is 23.6 Å². The van der Waals surface area contributed by atoms with Crippen LogP contribution in [0, 0.1) is 6.92 Å². The number of hydrogen-bond donors (Lipinski definition) is 0. The van der Waals surface area contributed by atoms with Crippen LogP contribution in [-0.4, -0.2) is 38.3 Å². The molecule has 1 unspecified atom stereocenters. The third-order valence-electron chi connectivity index (χ3n) is 5.16. The quantitative estimate of drug-likeness (QED) is 0.541. The van der Waals surface area contributed by atoms with Crippen LogP contribution in [0.3, 0.4) is 0 Å². The van der Waals surface area contributed by atoms with Crippen LogP contribution in [0.2, 0.25) is 0 Å². The summed E-state index contributed by atoms with van der Waals surface area (Å²) in [7, 11) is 6.98. The highest BCUT2D eigenvalue weighted by molar-refractivity contribution is 5.68. The van der Waals surface area contributed by atoms with E-state index in [-0.39, 0.29) is 6.04 Å². The molecule has 0 fully saturated rings. The van der Waals surface area contributed by atoms with Crippen molar-refractivity contribution in [1.29, 1.82) is 0 Å². The predicted octanol–water partition coefficient (Wildman–Crippen LogP) is 4.87. The molecule has 0 radical (unpaired) electrons. The molecule has 1 heterocycles. The Morgan fingerprint density at radius 2 is 1.79 bits per heavy atom. The van der Waals surface area contributed by atoms with Crippen LogP contribution in [0.25, 0.3) is 11.5 Å². The first kappa shape index (κ1) is 20.7. The van der Waals surface area contributed by atoms with Gasteiger partial charge in [0.2, 0.25) is 5.89 Å². The highest BCUT2D eigenvalue weighted by atomic mass is 16.5. The Kier molecular flexibility index (Phi) is 6.44. The Morgan fingerprint density at radius 3 is 2.48 bits per heavy atom. The lowest BCUT2D eigenvalue weighted by Crippen LogP contribution is -2.22. The van der Waals surface area contributed by atoms with Gasteiger partial charge >= 0.3 is 0 Å². The van der Waals surface area contributed by atoms with Gasteiger partial charge in [-0.05, 0) is 50.7 Å². The van der Waals surface area contributed by atoms with Gasteiger partial charge in [-0.3, -0.25) is 4.90 Å². The first-order chi connectivity index (χ1) is 14.0. The van der Waals surface area contributed by atoms with Crippen LogP contribution >= 0.6 is 0 Å². The molecule has 3 rings (SSSR count). The van der Waals surface area contributed by atoms with Crippen molar-refractivity contribution in [3.05, 3.63) is 59.5 Å². The van der Waals surface area contributed by atoms with Gasteiger partial charge in [-0.15, -0.1) is 0 Å². The fraction of sp³-hybridized carbons (Fsp3) is 0.348. The molecular formula is C23H28N2O4. The normalized spacial score (nSPS) is 12.1. The van der Waals surface area contributed by atoms with E-state index in [1.165, 1.54) is 5.56 Å². The van der Waals surface area contributed by atoms with Gasteiger partial charge in [0.25, 0.3) is 0 Å². The van der Waals surface area contributed by atoms with E-state index in [1.807, 2.05) is 37.3 Å². The molecular weight excluding hydrogens is 368 g/mol. The Morgan fingerprint density at radius 1 is 1.03 bits per heavy atom. The zero-order valence-corrected chi connectivity index (χ0v) is 17.9. The van der Waals surface area contributed by atoms with Crippen LogP contribution in [0.15, 0.2) is 46.9 Å². The van der Waals surface area contributed by atoms with Gasteiger partial charge in [-0.1, -0.05) is 18.2 Å². The summed E-state index contributed by atoms with van der Waals surface area (Å²) >= 11 is 0.